The van der Waals surface area contributed by atoms with Gasteiger partial charge < -0.3 is 9.11 Å². The summed E-state index contributed by atoms with van der Waals surface area (Å²) >= 11 is 0. The van der Waals surface area contributed by atoms with Crippen molar-refractivity contribution in [3.63, 3.8) is 0 Å². The van der Waals surface area contributed by atoms with E-state index in [1.165, 1.54) is 0 Å². The van der Waals surface area contributed by atoms with E-state index < -0.39 is 10.4 Å². The molecule has 0 aliphatic carbocycles. The number of hydrogen-bond acceptors (Lipinski definition) is 4. The van der Waals surface area contributed by atoms with Crippen LogP contribution in [0.2, 0.25) is 0 Å². The van der Waals surface area contributed by atoms with Crippen LogP contribution in [0.1, 0.15) is 0 Å². The van der Waals surface area contributed by atoms with Gasteiger partial charge in [0.2, 0.25) is 0 Å². The normalized spacial score (nSPS) is 7.25. The first-order valence-electron chi connectivity index (χ1n) is 0.667. The van der Waals surface area contributed by atoms with Crippen LogP contribution in [-0.4, -0.2) is 47.1 Å². The fraction of sp³-hybridized carbons (Fsp3) is 0. The second kappa shape index (κ2) is 8.91. The SMILES string of the molecule is O=S(=O)([O-])[O-].[Fe+2].[Mn].[Na]. The van der Waals surface area contributed by atoms with Crippen molar-refractivity contribution in [2.45, 2.75) is 0 Å². The Balaban J connectivity index is -0.0000000267. The first-order chi connectivity index (χ1) is 2.00. The second-order valence-electron chi connectivity index (χ2n) is 0.408. The Hall–Kier alpha value is 1.91. The topological polar surface area (TPSA) is 80.3 Å². The molecule has 0 heterocycles. The van der Waals surface area contributed by atoms with Crippen molar-refractivity contribution >= 4 is 40.0 Å². The molecule has 8 heavy (non-hydrogen) atoms. The third-order valence-corrected chi connectivity index (χ3v) is 0. The zero-order chi connectivity index (χ0) is 4.50. The Kier molecular flexibility index (Phi) is 25.1. The van der Waals surface area contributed by atoms with Crippen LogP contribution in [0.4, 0.5) is 0 Å². The van der Waals surface area contributed by atoms with E-state index in [2.05, 4.69) is 0 Å². The van der Waals surface area contributed by atoms with Gasteiger partial charge in [-0.3, -0.25) is 8.42 Å². The molecule has 0 rings (SSSR count). The molecule has 0 atom stereocenters. The maximum absolute atomic E-state index is 8.52. The summed E-state index contributed by atoms with van der Waals surface area (Å²) in [6.45, 7) is 0. The molecule has 0 fully saturated rings. The second-order valence-corrected chi connectivity index (χ2v) is 1.22. The van der Waals surface area contributed by atoms with Crippen molar-refractivity contribution in [1.82, 2.24) is 0 Å². The van der Waals surface area contributed by atoms with E-state index in [4.69, 9.17) is 17.5 Å². The van der Waals surface area contributed by atoms with Gasteiger partial charge in [-0.1, -0.05) is 0 Å². The molecule has 0 saturated carbocycles. The van der Waals surface area contributed by atoms with E-state index >= 15 is 0 Å². The number of hydrogen-bond donors (Lipinski definition) is 0. The van der Waals surface area contributed by atoms with Crippen molar-refractivity contribution in [3.8, 4) is 0 Å². The monoisotopic (exact) mass is 230 g/mol. The Morgan fingerprint density at radius 3 is 1.12 bits per heavy atom. The molecule has 0 unspecified atom stereocenters. The molecule has 8 heteroatoms. The maximum Gasteiger partial charge on any atom is 2.00 e. The Bertz CT molecular complexity index is 99.2. The molecule has 0 aromatic rings. The molecule has 0 aliphatic heterocycles. The molecule has 0 amide bonds. The van der Waals surface area contributed by atoms with Crippen LogP contribution in [0.25, 0.3) is 0 Å². The fourth-order valence-corrected chi connectivity index (χ4v) is 0. The zero-order valence-corrected chi connectivity index (χ0v) is 8.87. The summed E-state index contributed by atoms with van der Waals surface area (Å²) in [6, 6.07) is 0. The van der Waals surface area contributed by atoms with Gasteiger partial charge in [-0.25, -0.2) is 0 Å². The van der Waals surface area contributed by atoms with Gasteiger partial charge in [0.15, 0.2) is 0 Å². The van der Waals surface area contributed by atoms with E-state index in [9.17, 15) is 0 Å². The zero-order valence-electron chi connectivity index (χ0n) is 3.77. The molecule has 4 nitrogen and oxygen atoms in total. The average Bonchev–Trinajstić information content (AvgIpc) is 0.722. The number of rotatable bonds is 0. The first kappa shape index (κ1) is 22.5. The van der Waals surface area contributed by atoms with Crippen LogP contribution in [-0.2, 0) is 44.5 Å². The summed E-state index contributed by atoms with van der Waals surface area (Å²) in [5.74, 6) is 0. The third-order valence-electron chi connectivity index (χ3n) is 0. The summed E-state index contributed by atoms with van der Waals surface area (Å²) in [6.07, 6.45) is 0. The van der Waals surface area contributed by atoms with E-state index in [1.54, 1.807) is 0 Å². The largest absolute Gasteiger partial charge is 2.00 e. The molecule has 46 valence electrons. The van der Waals surface area contributed by atoms with Gasteiger partial charge in [0, 0.05) is 57.0 Å². The van der Waals surface area contributed by atoms with Crippen molar-refractivity contribution in [2.24, 2.45) is 0 Å². The van der Waals surface area contributed by atoms with Crippen LogP contribution in [0.15, 0.2) is 0 Å². The smallest absolute Gasteiger partial charge is 0.759 e. The molecular weight excluding hydrogens is 230 g/mol. The minimum Gasteiger partial charge on any atom is -0.759 e. The third kappa shape index (κ3) is 104. The average molecular weight is 230 g/mol. The molecule has 0 bridgehead atoms. The molecule has 0 spiro atoms. The van der Waals surface area contributed by atoms with Crippen LogP contribution in [0.3, 0.4) is 0 Å². The van der Waals surface area contributed by atoms with Crippen molar-refractivity contribution < 1.29 is 51.7 Å². The molecule has 0 N–H and O–H groups in total. The summed E-state index contributed by atoms with van der Waals surface area (Å²) in [4.78, 5) is 0. The van der Waals surface area contributed by atoms with Crippen LogP contribution in [0, 0.1) is 0 Å². The fourth-order valence-electron chi connectivity index (χ4n) is 0. The predicted molar refractivity (Wildman–Crippen MR) is 16.2 cm³/mol. The van der Waals surface area contributed by atoms with Crippen molar-refractivity contribution in [3.05, 3.63) is 0 Å². The van der Waals surface area contributed by atoms with Gasteiger partial charge in [0.05, 0.1) is 0 Å². The van der Waals surface area contributed by atoms with Crippen molar-refractivity contribution in [2.75, 3.05) is 0 Å². The van der Waals surface area contributed by atoms with Crippen molar-refractivity contribution in [1.29, 1.82) is 0 Å². The van der Waals surface area contributed by atoms with E-state index in [-0.39, 0.29) is 63.7 Å². The summed E-state index contributed by atoms with van der Waals surface area (Å²) in [5, 5.41) is 0. The van der Waals surface area contributed by atoms with E-state index in [0.717, 1.165) is 0 Å². The first-order valence-corrected chi connectivity index (χ1v) is 2.00. The van der Waals surface area contributed by atoms with Crippen LogP contribution < -0.4 is 0 Å². The summed E-state index contributed by atoms with van der Waals surface area (Å²) in [7, 11) is -5.17. The standard InChI is InChI=1S/Fe.Mn.Na.H2O4S/c;;;1-5(2,3)4/h;;;(H2,1,2,3,4)/q+2;;;/p-2. The van der Waals surface area contributed by atoms with Gasteiger partial charge in [0.1, 0.15) is 0 Å². The molecule has 0 saturated heterocycles. The molecule has 0 aliphatic rings. The quantitative estimate of drug-likeness (QED) is 0.281. The Morgan fingerprint density at radius 2 is 1.12 bits per heavy atom. The van der Waals surface area contributed by atoms with Gasteiger partial charge in [0.25, 0.3) is 0 Å². The van der Waals surface area contributed by atoms with E-state index in [0.29, 0.717) is 0 Å². The summed E-state index contributed by atoms with van der Waals surface area (Å²) in [5.41, 5.74) is 0. The predicted octanol–water partition coefficient (Wildman–Crippen LogP) is -1.72. The molecular formula is FeMnNaO4S. The Morgan fingerprint density at radius 1 is 1.12 bits per heavy atom. The summed E-state index contributed by atoms with van der Waals surface area (Å²) < 4.78 is 34.1. The van der Waals surface area contributed by atoms with Gasteiger partial charge >= 0.3 is 17.1 Å². The van der Waals surface area contributed by atoms with Gasteiger partial charge in [-0.15, -0.1) is 0 Å². The van der Waals surface area contributed by atoms with E-state index in [1.807, 2.05) is 0 Å². The molecule has 2 radical (unpaired) electrons. The molecule has 0 aromatic heterocycles. The van der Waals surface area contributed by atoms with Gasteiger partial charge in [-0.05, 0) is 0 Å². The van der Waals surface area contributed by atoms with Crippen LogP contribution >= 0.6 is 0 Å². The maximum atomic E-state index is 8.52. The minimum atomic E-state index is -5.17. The van der Waals surface area contributed by atoms with Gasteiger partial charge in [-0.2, -0.15) is 0 Å². The minimum absolute atomic E-state index is 0. The van der Waals surface area contributed by atoms with Crippen LogP contribution in [0.5, 0.6) is 0 Å². The molecule has 0 aromatic carbocycles. The Labute approximate surface area is 90.6 Å².